The summed E-state index contributed by atoms with van der Waals surface area (Å²) in [5.41, 5.74) is 2.15. The van der Waals surface area contributed by atoms with Gasteiger partial charge in [-0.2, -0.15) is 0 Å². The van der Waals surface area contributed by atoms with Crippen molar-refractivity contribution in [2.75, 3.05) is 6.61 Å². The molecule has 2 aromatic carbocycles. The molecule has 0 saturated heterocycles. The van der Waals surface area contributed by atoms with E-state index in [1.807, 2.05) is 30.3 Å². The number of unbranched alkanes of at least 4 members (excludes halogenated alkanes) is 3. The number of hydrogen-bond donors (Lipinski definition) is 3. The van der Waals surface area contributed by atoms with Gasteiger partial charge in [0.1, 0.15) is 0 Å². The molecular formula is C22H28O4. The molecule has 0 radical (unpaired) electrons. The lowest BCUT2D eigenvalue weighted by molar-refractivity contribution is 0.0137. The van der Waals surface area contributed by atoms with Crippen LogP contribution in [0.3, 0.4) is 0 Å². The molecular weight excluding hydrogens is 328 g/mol. The molecule has 2 rings (SSSR count). The van der Waals surface area contributed by atoms with Crippen molar-refractivity contribution in [3.63, 3.8) is 0 Å². The number of rotatable bonds is 11. The molecule has 0 heterocycles. The molecule has 4 heteroatoms. The van der Waals surface area contributed by atoms with E-state index in [9.17, 15) is 15.0 Å². The van der Waals surface area contributed by atoms with Gasteiger partial charge < -0.3 is 15.3 Å². The van der Waals surface area contributed by atoms with Crippen molar-refractivity contribution in [2.45, 2.75) is 50.7 Å². The summed E-state index contributed by atoms with van der Waals surface area (Å²) in [6.07, 6.45) is 2.85. The Kier molecular flexibility index (Phi) is 8.48. The molecule has 4 nitrogen and oxygen atoms in total. The molecule has 26 heavy (non-hydrogen) atoms. The van der Waals surface area contributed by atoms with Crippen molar-refractivity contribution in [2.24, 2.45) is 0 Å². The van der Waals surface area contributed by atoms with E-state index in [0.29, 0.717) is 24.0 Å². The average Bonchev–Trinajstić information content (AvgIpc) is 2.68. The van der Waals surface area contributed by atoms with Crippen LogP contribution in [0.25, 0.3) is 0 Å². The lowest BCUT2D eigenvalue weighted by Gasteiger charge is -2.18. The zero-order valence-electron chi connectivity index (χ0n) is 15.1. The van der Waals surface area contributed by atoms with Gasteiger partial charge in [-0.3, -0.25) is 4.79 Å². The summed E-state index contributed by atoms with van der Waals surface area (Å²) >= 11 is 0. The minimum Gasteiger partial charge on any atom is -0.396 e. The summed E-state index contributed by atoms with van der Waals surface area (Å²) in [5.74, 6) is -0.0272. The highest BCUT2D eigenvalue weighted by atomic mass is 16.3. The average molecular weight is 356 g/mol. The Bertz CT molecular complexity index is 652. The van der Waals surface area contributed by atoms with Crippen molar-refractivity contribution >= 4 is 5.78 Å². The number of benzene rings is 2. The number of aliphatic hydroxyl groups excluding tert-OH is 3. The molecule has 3 N–H and O–H groups in total. The van der Waals surface area contributed by atoms with Gasteiger partial charge in [-0.05, 0) is 18.4 Å². The quantitative estimate of drug-likeness (QED) is 0.427. The second-order valence-corrected chi connectivity index (χ2v) is 6.66. The van der Waals surface area contributed by atoms with Crippen molar-refractivity contribution in [3.8, 4) is 0 Å². The normalized spacial score (nSPS) is 13.3. The molecule has 0 spiro atoms. The predicted molar refractivity (Wildman–Crippen MR) is 102 cm³/mol. The highest BCUT2D eigenvalue weighted by molar-refractivity contribution is 6.08. The molecule has 0 saturated carbocycles. The Balaban J connectivity index is 1.83. The van der Waals surface area contributed by atoms with E-state index in [2.05, 4.69) is 0 Å². The van der Waals surface area contributed by atoms with Crippen LogP contribution in [0.1, 0.15) is 53.6 Å². The minimum atomic E-state index is -0.816. The molecule has 0 amide bonds. The fourth-order valence-corrected chi connectivity index (χ4v) is 2.94. The third kappa shape index (κ3) is 6.37. The molecule has 2 unspecified atom stereocenters. The van der Waals surface area contributed by atoms with E-state index in [4.69, 9.17) is 5.11 Å². The van der Waals surface area contributed by atoms with E-state index in [-0.39, 0.29) is 12.4 Å². The van der Waals surface area contributed by atoms with Gasteiger partial charge >= 0.3 is 0 Å². The lowest BCUT2D eigenvalue weighted by Crippen LogP contribution is -2.27. The Morgan fingerprint density at radius 1 is 0.769 bits per heavy atom. The Morgan fingerprint density at radius 2 is 1.38 bits per heavy atom. The van der Waals surface area contributed by atoms with Crippen molar-refractivity contribution < 1.29 is 20.1 Å². The largest absolute Gasteiger partial charge is 0.396 e. The molecule has 2 atom stereocenters. The summed E-state index contributed by atoms with van der Waals surface area (Å²) in [5, 5.41) is 29.0. The molecule has 0 aliphatic rings. The molecule has 0 fully saturated rings. The van der Waals surface area contributed by atoms with Crippen LogP contribution in [0.2, 0.25) is 0 Å². The summed E-state index contributed by atoms with van der Waals surface area (Å²) in [7, 11) is 0. The standard InChI is InChI=1S/C22H28O4/c23-15-7-2-1-6-10-20(24)21(25)16-17-11-13-19(14-12-17)22(26)18-8-4-3-5-9-18/h3-5,8-9,11-14,20-21,23-25H,1-2,6-7,10,15-16H2. The van der Waals surface area contributed by atoms with Crippen LogP contribution in [0.5, 0.6) is 0 Å². The van der Waals surface area contributed by atoms with Gasteiger partial charge in [0.05, 0.1) is 12.2 Å². The van der Waals surface area contributed by atoms with Gasteiger partial charge in [0.15, 0.2) is 5.78 Å². The fraction of sp³-hybridized carbons (Fsp3) is 0.409. The summed E-state index contributed by atoms with van der Waals surface area (Å²) in [6, 6.07) is 16.3. The van der Waals surface area contributed by atoms with Gasteiger partial charge in [0.25, 0.3) is 0 Å². The molecule has 140 valence electrons. The number of carbonyl (C=O) groups excluding carboxylic acids is 1. The second kappa shape index (κ2) is 10.9. The molecule has 0 bridgehead atoms. The third-order valence-electron chi connectivity index (χ3n) is 4.55. The van der Waals surface area contributed by atoms with E-state index in [1.54, 1.807) is 24.3 Å². The monoisotopic (exact) mass is 356 g/mol. The van der Waals surface area contributed by atoms with Gasteiger partial charge in [-0.15, -0.1) is 0 Å². The topological polar surface area (TPSA) is 77.8 Å². The van der Waals surface area contributed by atoms with Crippen molar-refractivity contribution in [3.05, 3.63) is 71.3 Å². The highest BCUT2D eigenvalue weighted by Crippen LogP contribution is 2.15. The first-order valence-electron chi connectivity index (χ1n) is 9.27. The number of hydrogen-bond acceptors (Lipinski definition) is 4. The van der Waals surface area contributed by atoms with E-state index < -0.39 is 12.2 Å². The molecule has 0 aliphatic heterocycles. The first kappa shape index (κ1) is 20.3. The SMILES string of the molecule is O=C(c1ccccc1)c1ccc(CC(O)C(O)CCCCCCO)cc1. The lowest BCUT2D eigenvalue weighted by atomic mass is 9.97. The van der Waals surface area contributed by atoms with Crippen LogP contribution in [0, 0.1) is 0 Å². The smallest absolute Gasteiger partial charge is 0.193 e. The Hall–Kier alpha value is -2.01. The molecule has 0 aromatic heterocycles. The van der Waals surface area contributed by atoms with Crippen LogP contribution in [-0.4, -0.2) is 39.9 Å². The number of ketones is 1. The van der Waals surface area contributed by atoms with Crippen LogP contribution in [0.4, 0.5) is 0 Å². The van der Waals surface area contributed by atoms with Gasteiger partial charge in [-0.25, -0.2) is 0 Å². The van der Waals surface area contributed by atoms with Crippen LogP contribution < -0.4 is 0 Å². The number of carbonyl (C=O) groups is 1. The van der Waals surface area contributed by atoms with Gasteiger partial charge in [-0.1, -0.05) is 73.9 Å². The van der Waals surface area contributed by atoms with Crippen LogP contribution in [0.15, 0.2) is 54.6 Å². The Labute approximate surface area is 155 Å². The predicted octanol–water partition coefficient (Wildman–Crippen LogP) is 3.12. The molecule has 0 aliphatic carbocycles. The zero-order valence-corrected chi connectivity index (χ0v) is 15.1. The van der Waals surface area contributed by atoms with E-state index in [0.717, 1.165) is 31.2 Å². The van der Waals surface area contributed by atoms with E-state index in [1.165, 1.54) is 0 Å². The molecule has 2 aromatic rings. The minimum absolute atomic E-state index is 0.0272. The third-order valence-corrected chi connectivity index (χ3v) is 4.55. The summed E-state index contributed by atoms with van der Waals surface area (Å²) in [4.78, 5) is 12.4. The maximum atomic E-state index is 12.4. The van der Waals surface area contributed by atoms with Crippen molar-refractivity contribution in [1.82, 2.24) is 0 Å². The fourth-order valence-electron chi connectivity index (χ4n) is 2.94. The highest BCUT2D eigenvalue weighted by Gasteiger charge is 2.17. The van der Waals surface area contributed by atoms with Gasteiger partial charge in [0, 0.05) is 24.2 Å². The van der Waals surface area contributed by atoms with Crippen molar-refractivity contribution in [1.29, 1.82) is 0 Å². The maximum Gasteiger partial charge on any atom is 0.193 e. The summed E-state index contributed by atoms with van der Waals surface area (Å²) in [6.45, 7) is 0.202. The second-order valence-electron chi connectivity index (χ2n) is 6.66. The zero-order chi connectivity index (χ0) is 18.8. The maximum absolute atomic E-state index is 12.4. The van der Waals surface area contributed by atoms with E-state index >= 15 is 0 Å². The van der Waals surface area contributed by atoms with Crippen LogP contribution >= 0.6 is 0 Å². The first-order chi connectivity index (χ1) is 12.6. The van der Waals surface area contributed by atoms with Crippen LogP contribution in [-0.2, 0) is 6.42 Å². The summed E-state index contributed by atoms with van der Waals surface area (Å²) < 4.78 is 0. The van der Waals surface area contributed by atoms with Gasteiger partial charge in [0.2, 0.25) is 0 Å². The first-order valence-corrected chi connectivity index (χ1v) is 9.27. The number of aliphatic hydroxyl groups is 3. The Morgan fingerprint density at radius 3 is 2.04 bits per heavy atom.